The molecule has 2 aromatic rings. The third kappa shape index (κ3) is 3.51. The highest BCUT2D eigenvalue weighted by Crippen LogP contribution is 2.32. The van der Waals surface area contributed by atoms with Crippen molar-refractivity contribution in [3.63, 3.8) is 0 Å². The fraction of sp³-hybridized carbons (Fsp3) is 0.294. The van der Waals surface area contributed by atoms with Gasteiger partial charge in [0, 0.05) is 8.95 Å². The minimum absolute atomic E-state index is 0.127. The van der Waals surface area contributed by atoms with E-state index in [1.807, 2.05) is 30.3 Å². The summed E-state index contributed by atoms with van der Waals surface area (Å²) in [6, 6.07) is 14.0. The van der Waals surface area contributed by atoms with Crippen molar-refractivity contribution in [1.82, 2.24) is 0 Å². The van der Waals surface area contributed by atoms with E-state index < -0.39 is 6.10 Å². The van der Waals surface area contributed by atoms with Gasteiger partial charge >= 0.3 is 0 Å². The van der Waals surface area contributed by atoms with Gasteiger partial charge in [-0.2, -0.15) is 0 Å². The van der Waals surface area contributed by atoms with Crippen LogP contribution in [0.4, 0.5) is 0 Å². The van der Waals surface area contributed by atoms with Crippen LogP contribution in [0.5, 0.6) is 0 Å². The molecule has 1 atom stereocenters. The number of hydrogen-bond donors (Lipinski definition) is 1. The quantitative estimate of drug-likeness (QED) is 0.700. The van der Waals surface area contributed by atoms with E-state index in [9.17, 15) is 5.11 Å². The molecule has 1 unspecified atom stereocenters. The highest BCUT2D eigenvalue weighted by atomic mass is 79.9. The van der Waals surface area contributed by atoms with Crippen LogP contribution in [0, 0.1) is 0 Å². The number of aliphatic hydroxyl groups is 1. The molecule has 0 radical (unpaired) electrons. The van der Waals surface area contributed by atoms with Gasteiger partial charge in [-0.15, -0.1) is 0 Å². The number of aliphatic hydroxyl groups excluding tert-OH is 1. The Hall–Kier alpha value is -0.640. The van der Waals surface area contributed by atoms with Crippen LogP contribution in [0.3, 0.4) is 0 Å². The predicted octanol–water partition coefficient (Wildman–Crippen LogP) is 5.59. The summed E-state index contributed by atoms with van der Waals surface area (Å²) in [4.78, 5) is 0. The Morgan fingerprint density at radius 3 is 2.05 bits per heavy atom. The van der Waals surface area contributed by atoms with Crippen molar-refractivity contribution >= 4 is 31.9 Å². The molecule has 3 heteroatoms. The fourth-order valence-corrected chi connectivity index (χ4v) is 3.33. The summed E-state index contributed by atoms with van der Waals surface area (Å²) in [5, 5.41) is 10.5. The average molecular weight is 398 g/mol. The van der Waals surface area contributed by atoms with E-state index in [0.717, 1.165) is 20.1 Å². The third-order valence-corrected chi connectivity index (χ3v) is 4.53. The first-order chi connectivity index (χ1) is 9.29. The molecule has 0 saturated heterocycles. The first kappa shape index (κ1) is 15.7. The molecule has 1 N–H and O–H groups in total. The summed E-state index contributed by atoms with van der Waals surface area (Å²) in [7, 11) is 0. The van der Waals surface area contributed by atoms with E-state index in [0.29, 0.717) is 0 Å². The van der Waals surface area contributed by atoms with E-state index in [1.54, 1.807) is 0 Å². The second-order valence-electron chi connectivity index (χ2n) is 5.94. The monoisotopic (exact) mass is 396 g/mol. The molecule has 0 amide bonds. The second kappa shape index (κ2) is 6.00. The van der Waals surface area contributed by atoms with E-state index in [1.165, 1.54) is 5.56 Å². The molecule has 2 rings (SSSR count). The Kier molecular flexibility index (Phi) is 4.73. The average Bonchev–Trinajstić information content (AvgIpc) is 2.37. The van der Waals surface area contributed by atoms with Crippen LogP contribution in [0.2, 0.25) is 0 Å². The smallest absolute Gasteiger partial charge is 0.105 e. The lowest BCUT2D eigenvalue weighted by Crippen LogP contribution is -2.11. The molecule has 0 aromatic heterocycles. The Bertz CT molecular complexity index is 597. The molecule has 0 aliphatic carbocycles. The van der Waals surface area contributed by atoms with Crippen molar-refractivity contribution in [2.75, 3.05) is 0 Å². The van der Waals surface area contributed by atoms with Gasteiger partial charge in [0.2, 0.25) is 0 Å². The molecule has 0 fully saturated rings. The summed E-state index contributed by atoms with van der Waals surface area (Å²) in [6.45, 7) is 6.55. The van der Waals surface area contributed by atoms with Gasteiger partial charge in [-0.05, 0) is 34.2 Å². The van der Waals surface area contributed by atoms with E-state index in [-0.39, 0.29) is 5.41 Å². The van der Waals surface area contributed by atoms with Gasteiger partial charge in [0.05, 0.1) is 0 Å². The number of rotatable bonds is 2. The van der Waals surface area contributed by atoms with Gasteiger partial charge in [0.25, 0.3) is 0 Å². The normalized spacial score (nSPS) is 13.3. The van der Waals surface area contributed by atoms with Gasteiger partial charge in [-0.25, -0.2) is 0 Å². The highest BCUT2D eigenvalue weighted by molar-refractivity contribution is 9.11. The Morgan fingerprint density at radius 1 is 0.950 bits per heavy atom. The van der Waals surface area contributed by atoms with Crippen molar-refractivity contribution < 1.29 is 5.11 Å². The van der Waals surface area contributed by atoms with Crippen molar-refractivity contribution in [2.24, 2.45) is 0 Å². The Balaban J connectivity index is 2.31. The van der Waals surface area contributed by atoms with Crippen LogP contribution in [0.15, 0.2) is 51.4 Å². The van der Waals surface area contributed by atoms with E-state index >= 15 is 0 Å². The SMILES string of the molecule is CC(C)(C)c1ccc(C(O)c2ccc(Br)cc2Br)cc1. The summed E-state index contributed by atoms with van der Waals surface area (Å²) in [5.74, 6) is 0. The topological polar surface area (TPSA) is 20.2 Å². The Labute approximate surface area is 137 Å². The Morgan fingerprint density at radius 2 is 1.55 bits per heavy atom. The molecular formula is C17H18Br2O. The second-order valence-corrected chi connectivity index (χ2v) is 7.71. The lowest BCUT2D eigenvalue weighted by molar-refractivity contribution is 0.219. The van der Waals surface area contributed by atoms with Crippen molar-refractivity contribution in [2.45, 2.75) is 32.3 Å². The summed E-state index contributed by atoms with van der Waals surface area (Å²) in [6.07, 6.45) is -0.619. The summed E-state index contributed by atoms with van der Waals surface area (Å²) < 4.78 is 1.89. The summed E-state index contributed by atoms with van der Waals surface area (Å²) in [5.41, 5.74) is 3.17. The standard InChI is InChI=1S/C17H18Br2O/c1-17(2,3)12-6-4-11(5-7-12)16(20)14-9-8-13(18)10-15(14)19/h4-10,16,20H,1-3H3. The lowest BCUT2D eigenvalue weighted by atomic mass is 9.86. The molecular weight excluding hydrogens is 380 g/mol. The molecule has 0 saturated carbocycles. The molecule has 20 heavy (non-hydrogen) atoms. The van der Waals surface area contributed by atoms with Crippen LogP contribution in [-0.2, 0) is 5.41 Å². The zero-order chi connectivity index (χ0) is 14.9. The maximum atomic E-state index is 10.5. The third-order valence-electron chi connectivity index (χ3n) is 3.35. The molecule has 0 spiro atoms. The molecule has 0 heterocycles. The van der Waals surface area contributed by atoms with Crippen LogP contribution >= 0.6 is 31.9 Å². The first-order valence-electron chi connectivity index (χ1n) is 6.52. The molecule has 0 aliphatic rings. The van der Waals surface area contributed by atoms with Gasteiger partial charge < -0.3 is 5.11 Å². The molecule has 106 valence electrons. The van der Waals surface area contributed by atoms with E-state index in [4.69, 9.17) is 0 Å². The minimum Gasteiger partial charge on any atom is -0.384 e. The lowest BCUT2D eigenvalue weighted by Gasteiger charge is -2.20. The number of benzene rings is 2. The number of hydrogen-bond acceptors (Lipinski definition) is 1. The maximum absolute atomic E-state index is 10.5. The van der Waals surface area contributed by atoms with E-state index in [2.05, 4.69) is 64.8 Å². The largest absolute Gasteiger partial charge is 0.384 e. The zero-order valence-corrected chi connectivity index (χ0v) is 15.0. The van der Waals surface area contributed by atoms with Crippen LogP contribution < -0.4 is 0 Å². The molecule has 0 aliphatic heterocycles. The zero-order valence-electron chi connectivity index (χ0n) is 11.8. The van der Waals surface area contributed by atoms with Gasteiger partial charge in [-0.3, -0.25) is 0 Å². The molecule has 0 bridgehead atoms. The maximum Gasteiger partial charge on any atom is 0.105 e. The first-order valence-corrected chi connectivity index (χ1v) is 8.11. The van der Waals surface area contributed by atoms with Gasteiger partial charge in [0.1, 0.15) is 6.10 Å². The van der Waals surface area contributed by atoms with Crippen LogP contribution in [0.1, 0.15) is 43.6 Å². The van der Waals surface area contributed by atoms with Crippen molar-refractivity contribution in [1.29, 1.82) is 0 Å². The minimum atomic E-state index is -0.619. The van der Waals surface area contributed by atoms with Crippen molar-refractivity contribution in [3.8, 4) is 0 Å². The number of halogens is 2. The fourth-order valence-electron chi connectivity index (χ4n) is 2.07. The summed E-state index contributed by atoms with van der Waals surface area (Å²) >= 11 is 6.92. The molecule has 2 aromatic carbocycles. The van der Waals surface area contributed by atoms with Gasteiger partial charge in [-0.1, -0.05) is 83.0 Å². The molecule has 1 nitrogen and oxygen atoms in total. The van der Waals surface area contributed by atoms with Crippen LogP contribution in [-0.4, -0.2) is 5.11 Å². The highest BCUT2D eigenvalue weighted by Gasteiger charge is 2.17. The van der Waals surface area contributed by atoms with Crippen molar-refractivity contribution in [3.05, 3.63) is 68.1 Å². The van der Waals surface area contributed by atoms with Crippen LogP contribution in [0.25, 0.3) is 0 Å². The van der Waals surface area contributed by atoms with Gasteiger partial charge in [0.15, 0.2) is 0 Å². The predicted molar refractivity (Wildman–Crippen MR) is 91.0 cm³/mol.